The van der Waals surface area contributed by atoms with E-state index in [0.29, 0.717) is 13.1 Å². The average molecular weight is 302 g/mol. The van der Waals surface area contributed by atoms with E-state index in [1.54, 1.807) is 6.07 Å². The van der Waals surface area contributed by atoms with Gasteiger partial charge in [-0.25, -0.2) is 9.18 Å². The largest absolute Gasteiger partial charge is 0.465 e. The monoisotopic (exact) mass is 302 g/mol. The number of halogens is 1. The summed E-state index contributed by atoms with van der Waals surface area (Å²) in [6.07, 6.45) is 1.85. The van der Waals surface area contributed by atoms with Gasteiger partial charge in [-0.15, -0.1) is 0 Å². The van der Waals surface area contributed by atoms with Crippen molar-refractivity contribution in [1.82, 2.24) is 10.3 Å². The highest BCUT2D eigenvalue weighted by atomic mass is 19.1. The summed E-state index contributed by atoms with van der Waals surface area (Å²) in [5, 5.41) is 3.25. The van der Waals surface area contributed by atoms with E-state index in [0.717, 1.165) is 16.8 Å². The van der Waals surface area contributed by atoms with Crippen LogP contribution < -0.4 is 5.32 Å². The Hall–Kier alpha value is -2.27. The van der Waals surface area contributed by atoms with E-state index in [1.807, 2.05) is 26.1 Å². The summed E-state index contributed by atoms with van der Waals surface area (Å²) in [6, 6.07) is 6.53. The number of aromatic nitrogens is 1. The van der Waals surface area contributed by atoms with Gasteiger partial charge in [0, 0.05) is 25.0 Å². The summed E-state index contributed by atoms with van der Waals surface area (Å²) >= 11 is 0. The second-order valence-corrected chi connectivity index (χ2v) is 5.16. The summed E-state index contributed by atoms with van der Waals surface area (Å²) in [5.74, 6) is -1.24. The molecule has 22 heavy (non-hydrogen) atoms. The first-order valence-corrected chi connectivity index (χ1v) is 7.01. The van der Waals surface area contributed by atoms with Crippen LogP contribution in [0.5, 0.6) is 0 Å². The molecular formula is C17H19FN2O2. The molecule has 0 saturated carbocycles. The topological polar surface area (TPSA) is 51.2 Å². The van der Waals surface area contributed by atoms with Gasteiger partial charge in [-0.1, -0.05) is 6.07 Å². The minimum atomic E-state index is -0.668. The second-order valence-electron chi connectivity index (χ2n) is 5.16. The zero-order chi connectivity index (χ0) is 16.1. The average Bonchev–Trinajstić information content (AvgIpc) is 2.49. The first-order valence-electron chi connectivity index (χ1n) is 7.01. The lowest BCUT2D eigenvalue weighted by Crippen LogP contribution is -2.14. The molecule has 116 valence electrons. The van der Waals surface area contributed by atoms with E-state index in [4.69, 9.17) is 0 Å². The minimum absolute atomic E-state index is 0.0511. The van der Waals surface area contributed by atoms with Crippen molar-refractivity contribution in [2.45, 2.75) is 26.9 Å². The maximum atomic E-state index is 13.8. The van der Waals surface area contributed by atoms with Gasteiger partial charge >= 0.3 is 5.97 Å². The molecule has 0 unspecified atom stereocenters. The molecule has 1 aromatic heterocycles. The SMILES string of the molecule is COC(=O)c1ccc(CNCc2cnc(C)cc2C)cc1F. The Labute approximate surface area is 129 Å². The van der Waals surface area contributed by atoms with Crippen LogP contribution in [0, 0.1) is 19.7 Å². The predicted molar refractivity (Wildman–Crippen MR) is 82.0 cm³/mol. The van der Waals surface area contributed by atoms with Gasteiger partial charge in [0.25, 0.3) is 0 Å². The van der Waals surface area contributed by atoms with Gasteiger partial charge in [0.15, 0.2) is 0 Å². The third-order valence-corrected chi connectivity index (χ3v) is 3.44. The van der Waals surface area contributed by atoms with E-state index in [1.165, 1.54) is 24.8 Å². The standard InChI is InChI=1S/C17H19FN2O2/c1-11-6-12(2)20-10-14(11)9-19-8-13-4-5-15(16(18)7-13)17(21)22-3/h4-7,10,19H,8-9H2,1-3H3. The first kappa shape index (κ1) is 16.1. The molecule has 1 aromatic carbocycles. The van der Waals surface area contributed by atoms with Crippen LogP contribution in [0.25, 0.3) is 0 Å². The van der Waals surface area contributed by atoms with Gasteiger partial charge < -0.3 is 10.1 Å². The predicted octanol–water partition coefficient (Wildman–Crippen LogP) is 2.91. The molecule has 0 saturated heterocycles. The van der Waals surface area contributed by atoms with Crippen LogP contribution in [0.15, 0.2) is 30.5 Å². The third kappa shape index (κ3) is 3.89. The van der Waals surface area contributed by atoms with Gasteiger partial charge in [-0.3, -0.25) is 4.98 Å². The zero-order valence-electron chi connectivity index (χ0n) is 12.9. The van der Waals surface area contributed by atoms with Crippen LogP contribution in [0.4, 0.5) is 4.39 Å². The Morgan fingerprint density at radius 2 is 2.05 bits per heavy atom. The molecule has 0 atom stereocenters. The van der Waals surface area contributed by atoms with Crippen LogP contribution in [0.2, 0.25) is 0 Å². The van der Waals surface area contributed by atoms with Crippen molar-refractivity contribution in [1.29, 1.82) is 0 Å². The Kier molecular flexibility index (Phi) is 5.22. The maximum absolute atomic E-state index is 13.8. The Balaban J connectivity index is 1.97. The van der Waals surface area contributed by atoms with Crippen molar-refractivity contribution in [3.63, 3.8) is 0 Å². The molecule has 2 rings (SSSR count). The van der Waals surface area contributed by atoms with E-state index >= 15 is 0 Å². The summed E-state index contributed by atoms with van der Waals surface area (Å²) in [4.78, 5) is 15.6. The van der Waals surface area contributed by atoms with Crippen LogP contribution in [0.3, 0.4) is 0 Å². The molecule has 0 bridgehead atoms. The molecule has 0 fully saturated rings. The summed E-state index contributed by atoms with van der Waals surface area (Å²) in [5.41, 5.74) is 3.99. The van der Waals surface area contributed by atoms with Crippen LogP contribution in [-0.2, 0) is 17.8 Å². The summed E-state index contributed by atoms with van der Waals surface area (Å²) in [6.45, 7) is 5.15. The lowest BCUT2D eigenvalue weighted by molar-refractivity contribution is 0.0595. The number of hydrogen-bond donors (Lipinski definition) is 1. The fourth-order valence-electron chi connectivity index (χ4n) is 2.20. The normalized spacial score (nSPS) is 10.5. The molecule has 1 heterocycles. The molecule has 5 heteroatoms. The smallest absolute Gasteiger partial charge is 0.340 e. The molecule has 0 spiro atoms. The minimum Gasteiger partial charge on any atom is -0.465 e. The Morgan fingerprint density at radius 3 is 2.68 bits per heavy atom. The molecule has 4 nitrogen and oxygen atoms in total. The molecular weight excluding hydrogens is 283 g/mol. The number of nitrogens with one attached hydrogen (secondary N) is 1. The highest BCUT2D eigenvalue weighted by Gasteiger charge is 2.12. The van der Waals surface area contributed by atoms with Gasteiger partial charge in [0.1, 0.15) is 5.82 Å². The lowest BCUT2D eigenvalue weighted by atomic mass is 10.1. The van der Waals surface area contributed by atoms with Crippen molar-refractivity contribution < 1.29 is 13.9 Å². The highest BCUT2D eigenvalue weighted by molar-refractivity contribution is 5.89. The number of carbonyl (C=O) groups excluding carboxylic acids is 1. The number of aryl methyl sites for hydroxylation is 2. The number of pyridine rings is 1. The summed E-state index contributed by atoms with van der Waals surface area (Å²) < 4.78 is 18.3. The third-order valence-electron chi connectivity index (χ3n) is 3.44. The van der Waals surface area contributed by atoms with E-state index in [-0.39, 0.29) is 5.56 Å². The van der Waals surface area contributed by atoms with Crippen molar-refractivity contribution in [3.8, 4) is 0 Å². The van der Waals surface area contributed by atoms with Crippen molar-refractivity contribution in [2.75, 3.05) is 7.11 Å². The molecule has 0 aliphatic carbocycles. The van der Waals surface area contributed by atoms with E-state index in [2.05, 4.69) is 15.0 Å². The molecule has 2 aromatic rings. The molecule has 0 radical (unpaired) electrons. The number of methoxy groups -OCH3 is 1. The highest BCUT2D eigenvalue weighted by Crippen LogP contribution is 2.12. The van der Waals surface area contributed by atoms with Crippen molar-refractivity contribution >= 4 is 5.97 Å². The van der Waals surface area contributed by atoms with Crippen LogP contribution in [-0.4, -0.2) is 18.1 Å². The molecule has 0 amide bonds. The van der Waals surface area contributed by atoms with Gasteiger partial charge in [-0.2, -0.15) is 0 Å². The number of ether oxygens (including phenoxy) is 1. The fraction of sp³-hybridized carbons (Fsp3) is 0.294. The van der Waals surface area contributed by atoms with Crippen LogP contribution >= 0.6 is 0 Å². The summed E-state index contributed by atoms with van der Waals surface area (Å²) in [7, 11) is 1.23. The molecule has 0 aliphatic heterocycles. The first-order chi connectivity index (χ1) is 10.5. The van der Waals surface area contributed by atoms with Gasteiger partial charge in [0.05, 0.1) is 12.7 Å². The second kappa shape index (κ2) is 7.13. The van der Waals surface area contributed by atoms with Gasteiger partial charge in [-0.05, 0) is 48.7 Å². The number of rotatable bonds is 5. The molecule has 0 aliphatic rings. The molecule has 1 N–H and O–H groups in total. The zero-order valence-corrected chi connectivity index (χ0v) is 12.9. The van der Waals surface area contributed by atoms with Crippen LogP contribution in [0.1, 0.15) is 32.7 Å². The number of nitrogens with zero attached hydrogens (tertiary/aromatic N) is 1. The number of esters is 1. The van der Waals surface area contributed by atoms with Gasteiger partial charge in [0.2, 0.25) is 0 Å². The van der Waals surface area contributed by atoms with Crippen molar-refractivity contribution in [2.24, 2.45) is 0 Å². The van der Waals surface area contributed by atoms with E-state index < -0.39 is 11.8 Å². The fourth-order valence-corrected chi connectivity index (χ4v) is 2.20. The number of benzene rings is 1. The number of hydrogen-bond acceptors (Lipinski definition) is 4. The van der Waals surface area contributed by atoms with E-state index in [9.17, 15) is 9.18 Å². The Bertz CT molecular complexity index is 686. The number of carbonyl (C=O) groups is 1. The maximum Gasteiger partial charge on any atom is 0.340 e. The lowest BCUT2D eigenvalue weighted by Gasteiger charge is -2.09. The van der Waals surface area contributed by atoms with Crippen molar-refractivity contribution in [3.05, 3.63) is 64.2 Å². The Morgan fingerprint density at radius 1 is 1.27 bits per heavy atom. The quantitative estimate of drug-likeness (QED) is 0.863.